The van der Waals surface area contributed by atoms with Crippen LogP contribution in [0.25, 0.3) is 11.0 Å². The number of nitrogens with two attached hydrogens (primary N) is 1. The quantitative estimate of drug-likeness (QED) is 0.691. The predicted octanol–water partition coefficient (Wildman–Crippen LogP) is 2.75. The molecule has 3 N–H and O–H groups in total. The van der Waals surface area contributed by atoms with Gasteiger partial charge in [-0.3, -0.25) is 0 Å². The normalized spacial score (nSPS) is 12.3. The number of aryl methyl sites for hydroxylation is 1. The molecule has 0 aromatic carbocycles. The van der Waals surface area contributed by atoms with Gasteiger partial charge in [0.05, 0.1) is 11.0 Å². The van der Waals surface area contributed by atoms with Gasteiger partial charge in [-0.2, -0.15) is 0 Å². The Morgan fingerprint density at radius 3 is 2.53 bits per heavy atom. The minimum absolute atomic E-state index is 0.114. The zero-order valence-corrected chi connectivity index (χ0v) is 9.68. The van der Waals surface area contributed by atoms with E-state index >= 15 is 0 Å². The topological polar surface area (TPSA) is 54.7 Å². The van der Waals surface area contributed by atoms with Gasteiger partial charge in [0.1, 0.15) is 5.82 Å². The van der Waals surface area contributed by atoms with Crippen molar-refractivity contribution in [2.45, 2.75) is 33.1 Å². The molecule has 2 aromatic heterocycles. The number of aromatic nitrogens is 2. The Kier molecular flexibility index (Phi) is 2.00. The van der Waals surface area contributed by atoms with Gasteiger partial charge in [0.25, 0.3) is 0 Å². The fourth-order valence-corrected chi connectivity index (χ4v) is 1.57. The smallest absolute Gasteiger partial charge is 0.127 e. The zero-order valence-electron chi connectivity index (χ0n) is 9.68. The second-order valence-corrected chi connectivity index (χ2v) is 5.06. The summed E-state index contributed by atoms with van der Waals surface area (Å²) >= 11 is 0. The van der Waals surface area contributed by atoms with E-state index in [9.17, 15) is 0 Å². The number of aromatic amines is 1. The average Bonchev–Trinajstić information content (AvgIpc) is 2.47. The van der Waals surface area contributed by atoms with Gasteiger partial charge in [-0.15, -0.1) is 0 Å². The highest BCUT2D eigenvalue weighted by Crippen LogP contribution is 2.26. The average molecular weight is 203 g/mol. The molecule has 3 nitrogen and oxygen atoms in total. The summed E-state index contributed by atoms with van der Waals surface area (Å²) in [5.41, 5.74) is 10.1. The number of nitrogens with zero attached hydrogens (tertiary/aromatic N) is 1. The summed E-state index contributed by atoms with van der Waals surface area (Å²) in [6.45, 7) is 8.50. The monoisotopic (exact) mass is 203 g/mol. The van der Waals surface area contributed by atoms with E-state index in [4.69, 9.17) is 5.73 Å². The second kappa shape index (κ2) is 2.99. The molecule has 2 aromatic rings. The molecule has 0 saturated carbocycles. The number of nitrogen functional groups attached to an aromatic ring is 1. The van der Waals surface area contributed by atoms with Crippen LogP contribution in [0.15, 0.2) is 12.1 Å². The summed E-state index contributed by atoms with van der Waals surface area (Å²) in [6.07, 6.45) is 0. The Labute approximate surface area is 89.7 Å². The van der Waals surface area contributed by atoms with E-state index in [2.05, 4.69) is 36.8 Å². The van der Waals surface area contributed by atoms with E-state index in [1.807, 2.05) is 13.0 Å². The molecule has 3 heteroatoms. The molecular weight excluding hydrogens is 186 g/mol. The standard InChI is InChI=1S/C12H17N3/c1-7-5-8-9(15-11(7)13)6-10(14-8)12(2,3)4/h5-6,14H,1-4H3,(H2,13,15). The van der Waals surface area contributed by atoms with E-state index < -0.39 is 0 Å². The summed E-state index contributed by atoms with van der Waals surface area (Å²) < 4.78 is 0. The van der Waals surface area contributed by atoms with Gasteiger partial charge >= 0.3 is 0 Å². The number of nitrogens with one attached hydrogen (secondary N) is 1. The highest BCUT2D eigenvalue weighted by atomic mass is 14.9. The van der Waals surface area contributed by atoms with Crippen molar-refractivity contribution in [2.24, 2.45) is 0 Å². The number of anilines is 1. The fraction of sp³-hybridized carbons (Fsp3) is 0.417. The molecule has 2 rings (SSSR count). The summed E-state index contributed by atoms with van der Waals surface area (Å²) in [4.78, 5) is 7.74. The van der Waals surface area contributed by atoms with E-state index in [0.717, 1.165) is 16.6 Å². The molecule has 0 spiro atoms. The maximum atomic E-state index is 5.78. The lowest BCUT2D eigenvalue weighted by molar-refractivity contribution is 0.574. The van der Waals surface area contributed by atoms with Crippen molar-refractivity contribution in [2.75, 3.05) is 5.73 Å². The minimum atomic E-state index is 0.114. The maximum absolute atomic E-state index is 5.78. The number of rotatable bonds is 0. The third-order valence-electron chi connectivity index (χ3n) is 2.64. The highest BCUT2D eigenvalue weighted by molar-refractivity contribution is 5.79. The number of H-pyrrole nitrogens is 1. The molecule has 0 aliphatic heterocycles. The van der Waals surface area contributed by atoms with Crippen LogP contribution in [0, 0.1) is 6.92 Å². The molecule has 15 heavy (non-hydrogen) atoms. The first-order valence-corrected chi connectivity index (χ1v) is 5.14. The Balaban J connectivity index is 2.66. The summed E-state index contributed by atoms with van der Waals surface area (Å²) in [7, 11) is 0. The van der Waals surface area contributed by atoms with Gasteiger partial charge in [0.2, 0.25) is 0 Å². The lowest BCUT2D eigenvalue weighted by atomic mass is 9.93. The SMILES string of the molecule is Cc1cc2[nH]c(C(C)(C)C)cc2nc1N. The van der Waals surface area contributed by atoms with Crippen LogP contribution in [-0.4, -0.2) is 9.97 Å². The van der Waals surface area contributed by atoms with Gasteiger partial charge in [0.15, 0.2) is 0 Å². The number of pyridine rings is 1. The minimum Gasteiger partial charge on any atom is -0.383 e. The highest BCUT2D eigenvalue weighted by Gasteiger charge is 2.16. The van der Waals surface area contributed by atoms with E-state index in [1.165, 1.54) is 5.69 Å². The molecule has 0 bridgehead atoms. The second-order valence-electron chi connectivity index (χ2n) is 5.06. The lowest BCUT2D eigenvalue weighted by Gasteiger charge is -2.15. The van der Waals surface area contributed by atoms with E-state index in [-0.39, 0.29) is 5.41 Å². The van der Waals surface area contributed by atoms with Gasteiger partial charge < -0.3 is 10.7 Å². The van der Waals surface area contributed by atoms with Crippen LogP contribution in [0.1, 0.15) is 32.0 Å². The number of hydrogen-bond acceptors (Lipinski definition) is 2. The Hall–Kier alpha value is -1.51. The molecule has 0 unspecified atom stereocenters. The zero-order chi connectivity index (χ0) is 11.2. The van der Waals surface area contributed by atoms with Crippen LogP contribution < -0.4 is 5.73 Å². The lowest BCUT2D eigenvalue weighted by Crippen LogP contribution is -2.10. The third-order valence-corrected chi connectivity index (χ3v) is 2.64. The molecule has 0 fully saturated rings. The number of hydrogen-bond donors (Lipinski definition) is 2. The first-order chi connectivity index (χ1) is 6.88. The maximum Gasteiger partial charge on any atom is 0.127 e. The van der Waals surface area contributed by atoms with Gasteiger partial charge in [-0.05, 0) is 24.6 Å². The van der Waals surface area contributed by atoms with Crippen LogP contribution in [0.4, 0.5) is 5.82 Å². The van der Waals surface area contributed by atoms with Crippen molar-refractivity contribution in [3.8, 4) is 0 Å². The molecule has 0 aliphatic rings. The Morgan fingerprint density at radius 2 is 1.93 bits per heavy atom. The predicted molar refractivity (Wildman–Crippen MR) is 63.9 cm³/mol. The largest absolute Gasteiger partial charge is 0.383 e. The number of fused-ring (bicyclic) bond motifs is 1. The van der Waals surface area contributed by atoms with Crippen LogP contribution in [0.3, 0.4) is 0 Å². The van der Waals surface area contributed by atoms with Gasteiger partial charge in [-0.1, -0.05) is 20.8 Å². The molecular formula is C12H17N3. The molecule has 0 radical (unpaired) electrons. The van der Waals surface area contributed by atoms with Crippen LogP contribution in [-0.2, 0) is 5.41 Å². The van der Waals surface area contributed by atoms with Crippen LogP contribution >= 0.6 is 0 Å². The van der Waals surface area contributed by atoms with Crippen molar-refractivity contribution in [1.29, 1.82) is 0 Å². The Bertz CT molecular complexity index is 464. The van der Waals surface area contributed by atoms with Crippen molar-refractivity contribution >= 4 is 16.9 Å². The summed E-state index contributed by atoms with van der Waals surface area (Å²) in [5, 5.41) is 0. The first-order valence-electron chi connectivity index (χ1n) is 5.14. The van der Waals surface area contributed by atoms with Crippen molar-refractivity contribution in [3.05, 3.63) is 23.4 Å². The molecule has 2 heterocycles. The van der Waals surface area contributed by atoms with Crippen molar-refractivity contribution < 1.29 is 0 Å². The van der Waals surface area contributed by atoms with Gasteiger partial charge in [-0.25, -0.2) is 4.98 Å². The molecule has 0 aliphatic carbocycles. The van der Waals surface area contributed by atoms with E-state index in [0.29, 0.717) is 5.82 Å². The Morgan fingerprint density at radius 1 is 1.27 bits per heavy atom. The van der Waals surface area contributed by atoms with Crippen LogP contribution in [0.2, 0.25) is 0 Å². The van der Waals surface area contributed by atoms with E-state index in [1.54, 1.807) is 0 Å². The van der Waals surface area contributed by atoms with Crippen molar-refractivity contribution in [3.63, 3.8) is 0 Å². The van der Waals surface area contributed by atoms with Gasteiger partial charge in [0, 0.05) is 11.1 Å². The molecule has 80 valence electrons. The van der Waals surface area contributed by atoms with Crippen LogP contribution in [0.5, 0.6) is 0 Å². The fourth-order valence-electron chi connectivity index (χ4n) is 1.57. The molecule has 0 amide bonds. The molecule has 0 saturated heterocycles. The third kappa shape index (κ3) is 1.69. The first kappa shape index (κ1) is 10.0. The summed E-state index contributed by atoms with van der Waals surface area (Å²) in [6, 6.07) is 4.12. The summed E-state index contributed by atoms with van der Waals surface area (Å²) in [5.74, 6) is 0.613. The van der Waals surface area contributed by atoms with Crippen molar-refractivity contribution in [1.82, 2.24) is 9.97 Å². The molecule has 0 atom stereocenters.